The molecule has 0 amide bonds. The normalized spacial score (nSPS) is 18.8. The van der Waals surface area contributed by atoms with Gasteiger partial charge in [0.25, 0.3) is 0 Å². The van der Waals surface area contributed by atoms with Gasteiger partial charge >= 0.3 is 0 Å². The van der Waals surface area contributed by atoms with Crippen molar-refractivity contribution < 1.29 is 4.74 Å². The molecule has 4 heteroatoms. The van der Waals surface area contributed by atoms with Crippen LogP contribution in [0.2, 0.25) is 0 Å². The summed E-state index contributed by atoms with van der Waals surface area (Å²) >= 11 is 0. The largest absolute Gasteiger partial charge is 0.487 e. The van der Waals surface area contributed by atoms with E-state index in [-0.39, 0.29) is 0 Å². The lowest BCUT2D eigenvalue weighted by molar-refractivity contribution is 0.162. The van der Waals surface area contributed by atoms with E-state index >= 15 is 0 Å². The summed E-state index contributed by atoms with van der Waals surface area (Å²) in [5, 5.41) is 7.36. The highest BCUT2D eigenvalue weighted by atomic mass is 16.5. The van der Waals surface area contributed by atoms with Crippen molar-refractivity contribution in [3.05, 3.63) is 12.4 Å². The maximum absolute atomic E-state index is 5.75. The van der Waals surface area contributed by atoms with E-state index in [0.717, 1.165) is 31.7 Å². The first-order valence-corrected chi connectivity index (χ1v) is 4.70. The fraction of sp³-hybridized carbons (Fsp3) is 0.667. The second-order valence-corrected chi connectivity index (χ2v) is 3.42. The van der Waals surface area contributed by atoms with Crippen molar-refractivity contribution in [3.8, 4) is 5.75 Å². The molecule has 1 N–H and O–H groups in total. The van der Waals surface area contributed by atoms with Crippen molar-refractivity contribution in [1.82, 2.24) is 15.1 Å². The van der Waals surface area contributed by atoms with Crippen LogP contribution in [-0.4, -0.2) is 29.0 Å². The lowest BCUT2D eigenvalue weighted by atomic mass is 10.1. The number of hydrogen-bond acceptors (Lipinski definition) is 3. The third-order valence-electron chi connectivity index (χ3n) is 2.27. The van der Waals surface area contributed by atoms with Crippen LogP contribution in [0.1, 0.15) is 12.8 Å². The fourth-order valence-electron chi connectivity index (χ4n) is 1.57. The quantitative estimate of drug-likeness (QED) is 0.724. The number of piperidine rings is 1. The molecular weight excluding hydrogens is 166 g/mol. The second kappa shape index (κ2) is 3.79. The first-order valence-electron chi connectivity index (χ1n) is 4.70. The molecule has 4 nitrogen and oxygen atoms in total. The van der Waals surface area contributed by atoms with Crippen LogP contribution in [0.3, 0.4) is 0 Å². The van der Waals surface area contributed by atoms with Gasteiger partial charge in [-0.2, -0.15) is 5.10 Å². The number of hydrogen-bond donors (Lipinski definition) is 1. The molecular formula is C9H15N3O. The molecule has 0 saturated carbocycles. The predicted molar refractivity (Wildman–Crippen MR) is 49.7 cm³/mol. The van der Waals surface area contributed by atoms with Crippen LogP contribution in [-0.2, 0) is 7.05 Å². The molecule has 0 aliphatic carbocycles. The smallest absolute Gasteiger partial charge is 0.157 e. The first kappa shape index (κ1) is 8.56. The maximum atomic E-state index is 5.75. The Labute approximate surface area is 77.9 Å². The third kappa shape index (κ3) is 2.21. The Kier molecular flexibility index (Phi) is 2.49. The van der Waals surface area contributed by atoms with Gasteiger partial charge in [0.1, 0.15) is 6.10 Å². The van der Waals surface area contributed by atoms with Crippen molar-refractivity contribution >= 4 is 0 Å². The molecule has 1 saturated heterocycles. The predicted octanol–water partition coefficient (Wildman–Crippen LogP) is 0.551. The summed E-state index contributed by atoms with van der Waals surface area (Å²) in [4.78, 5) is 0. The number of aromatic nitrogens is 2. The highest BCUT2D eigenvalue weighted by molar-refractivity contribution is 5.11. The van der Waals surface area contributed by atoms with Gasteiger partial charge in [0.05, 0.1) is 12.4 Å². The zero-order valence-electron chi connectivity index (χ0n) is 7.86. The molecule has 0 aromatic carbocycles. The average molecular weight is 181 g/mol. The molecule has 1 aromatic heterocycles. The van der Waals surface area contributed by atoms with Crippen LogP contribution in [0.5, 0.6) is 5.75 Å². The molecule has 1 aromatic rings. The number of nitrogens with one attached hydrogen (secondary N) is 1. The van der Waals surface area contributed by atoms with Crippen molar-refractivity contribution in [2.45, 2.75) is 18.9 Å². The molecule has 1 fully saturated rings. The van der Waals surface area contributed by atoms with Crippen LogP contribution < -0.4 is 10.1 Å². The molecule has 13 heavy (non-hydrogen) atoms. The summed E-state index contributed by atoms with van der Waals surface area (Å²) in [5.74, 6) is 0.884. The topological polar surface area (TPSA) is 39.1 Å². The average Bonchev–Trinajstić information content (AvgIpc) is 2.53. The van der Waals surface area contributed by atoms with Crippen LogP contribution in [0.4, 0.5) is 0 Å². The summed E-state index contributed by atoms with van der Waals surface area (Å²) in [7, 11) is 1.90. The van der Waals surface area contributed by atoms with Crippen LogP contribution >= 0.6 is 0 Å². The van der Waals surface area contributed by atoms with Crippen molar-refractivity contribution in [1.29, 1.82) is 0 Å². The van der Waals surface area contributed by atoms with Gasteiger partial charge in [-0.3, -0.25) is 4.68 Å². The van der Waals surface area contributed by atoms with E-state index in [1.165, 1.54) is 0 Å². The van der Waals surface area contributed by atoms with E-state index in [4.69, 9.17) is 4.74 Å². The molecule has 2 heterocycles. The summed E-state index contributed by atoms with van der Waals surface area (Å²) in [6.07, 6.45) is 6.22. The highest BCUT2D eigenvalue weighted by Crippen LogP contribution is 2.14. The van der Waals surface area contributed by atoms with Crippen molar-refractivity contribution in [3.63, 3.8) is 0 Å². The summed E-state index contributed by atoms with van der Waals surface area (Å²) in [6.45, 7) is 2.12. The molecule has 0 atom stereocenters. The lowest BCUT2D eigenvalue weighted by Gasteiger charge is -2.22. The van der Waals surface area contributed by atoms with Crippen LogP contribution in [0.25, 0.3) is 0 Å². The molecule has 0 unspecified atom stereocenters. The number of rotatable bonds is 2. The monoisotopic (exact) mass is 181 g/mol. The Morgan fingerprint density at radius 2 is 2.31 bits per heavy atom. The van der Waals surface area contributed by atoms with Crippen LogP contribution in [0, 0.1) is 0 Å². The van der Waals surface area contributed by atoms with Gasteiger partial charge in [-0.1, -0.05) is 0 Å². The highest BCUT2D eigenvalue weighted by Gasteiger charge is 2.14. The minimum absolute atomic E-state index is 0.366. The molecule has 0 spiro atoms. The standard InChI is InChI=1S/C9H15N3O/c1-12-7-9(6-11-12)13-8-2-4-10-5-3-8/h6-8,10H,2-5H2,1H3. The first-order chi connectivity index (χ1) is 6.34. The summed E-state index contributed by atoms with van der Waals surface area (Å²) in [5.41, 5.74) is 0. The van der Waals surface area contributed by atoms with Gasteiger partial charge in [-0.05, 0) is 25.9 Å². The van der Waals surface area contributed by atoms with E-state index in [9.17, 15) is 0 Å². The van der Waals surface area contributed by atoms with E-state index in [2.05, 4.69) is 10.4 Å². The number of ether oxygens (including phenoxy) is 1. The van der Waals surface area contributed by atoms with Crippen LogP contribution in [0.15, 0.2) is 12.4 Å². The van der Waals surface area contributed by atoms with Crippen molar-refractivity contribution in [2.75, 3.05) is 13.1 Å². The molecule has 0 radical (unpaired) electrons. The molecule has 72 valence electrons. The van der Waals surface area contributed by atoms with E-state index in [0.29, 0.717) is 6.10 Å². The molecule has 1 aliphatic heterocycles. The van der Waals surface area contributed by atoms with Gasteiger partial charge in [0, 0.05) is 7.05 Å². The Bertz CT molecular complexity index is 266. The number of aryl methyl sites for hydroxylation is 1. The van der Waals surface area contributed by atoms with Crippen molar-refractivity contribution in [2.24, 2.45) is 7.05 Å². The Hall–Kier alpha value is -1.03. The van der Waals surface area contributed by atoms with E-state index in [1.807, 2.05) is 13.2 Å². The van der Waals surface area contributed by atoms with E-state index in [1.54, 1.807) is 10.9 Å². The SMILES string of the molecule is Cn1cc(OC2CCNCC2)cn1. The molecule has 1 aliphatic rings. The zero-order chi connectivity index (χ0) is 9.10. The summed E-state index contributed by atoms with van der Waals surface area (Å²) < 4.78 is 7.51. The fourth-order valence-corrected chi connectivity index (χ4v) is 1.57. The van der Waals surface area contributed by atoms with Gasteiger partial charge in [-0.25, -0.2) is 0 Å². The molecule has 0 bridgehead atoms. The third-order valence-corrected chi connectivity index (χ3v) is 2.27. The Morgan fingerprint density at radius 3 is 2.92 bits per heavy atom. The summed E-state index contributed by atoms with van der Waals surface area (Å²) in [6, 6.07) is 0. The Morgan fingerprint density at radius 1 is 1.54 bits per heavy atom. The number of nitrogens with zero attached hydrogens (tertiary/aromatic N) is 2. The van der Waals surface area contributed by atoms with Gasteiger partial charge < -0.3 is 10.1 Å². The van der Waals surface area contributed by atoms with Gasteiger partial charge in [0.15, 0.2) is 5.75 Å². The minimum atomic E-state index is 0.366. The molecule has 2 rings (SSSR count). The Balaban J connectivity index is 1.89. The van der Waals surface area contributed by atoms with Gasteiger partial charge in [-0.15, -0.1) is 0 Å². The van der Waals surface area contributed by atoms with E-state index < -0.39 is 0 Å². The zero-order valence-corrected chi connectivity index (χ0v) is 7.86. The maximum Gasteiger partial charge on any atom is 0.157 e. The second-order valence-electron chi connectivity index (χ2n) is 3.42. The van der Waals surface area contributed by atoms with Gasteiger partial charge in [0.2, 0.25) is 0 Å². The minimum Gasteiger partial charge on any atom is -0.487 e. The lowest BCUT2D eigenvalue weighted by Crippen LogP contribution is -2.34.